The summed E-state index contributed by atoms with van der Waals surface area (Å²) >= 11 is 3.53. The fraction of sp³-hybridized carbons (Fsp3) is 0.0667. The molecule has 0 saturated carbocycles. The Balaban J connectivity index is 2.45. The van der Waals surface area contributed by atoms with Crippen molar-refractivity contribution in [2.75, 3.05) is 12.8 Å². The second-order valence-electron chi connectivity index (χ2n) is 4.38. The van der Waals surface area contributed by atoms with Gasteiger partial charge in [0.1, 0.15) is 5.56 Å². The fourth-order valence-corrected chi connectivity index (χ4v) is 2.85. The lowest BCUT2D eigenvalue weighted by Gasteiger charge is -2.10. The van der Waals surface area contributed by atoms with Crippen LogP contribution in [0.2, 0.25) is 0 Å². The summed E-state index contributed by atoms with van der Waals surface area (Å²) in [5, 5.41) is 2.77. The highest BCUT2D eigenvalue weighted by atomic mass is 79.9. The van der Waals surface area contributed by atoms with Gasteiger partial charge in [0.05, 0.1) is 18.3 Å². The number of halogens is 1. The van der Waals surface area contributed by atoms with E-state index in [1.54, 1.807) is 0 Å². The Morgan fingerprint density at radius 2 is 1.95 bits per heavy atom. The number of benzene rings is 2. The number of hydrogen-bond acceptors (Lipinski definition) is 4. The molecule has 100 valence electrons. The Hall–Kier alpha value is -2.14. The first kappa shape index (κ1) is 12.9. The van der Waals surface area contributed by atoms with E-state index in [9.17, 15) is 4.79 Å². The second kappa shape index (κ2) is 4.76. The van der Waals surface area contributed by atoms with Crippen molar-refractivity contribution in [3.63, 3.8) is 0 Å². The molecule has 0 saturated heterocycles. The topological polar surface area (TPSA) is 65.2 Å². The van der Waals surface area contributed by atoms with E-state index >= 15 is 0 Å². The number of nitrogens with zero attached hydrogens (tertiary/aromatic N) is 1. The van der Waals surface area contributed by atoms with Crippen LogP contribution in [0, 0.1) is 0 Å². The predicted octanol–water partition coefficient (Wildman–Crippen LogP) is 3.52. The van der Waals surface area contributed by atoms with Crippen LogP contribution in [0.15, 0.2) is 41.0 Å². The lowest BCUT2D eigenvalue weighted by Crippen LogP contribution is -2.07. The van der Waals surface area contributed by atoms with Gasteiger partial charge >= 0.3 is 5.97 Å². The van der Waals surface area contributed by atoms with E-state index in [2.05, 4.69) is 20.9 Å². The molecule has 1 heterocycles. The van der Waals surface area contributed by atoms with Crippen molar-refractivity contribution in [3.05, 3.63) is 46.6 Å². The normalized spacial score (nSPS) is 10.9. The number of methoxy groups -OCH3 is 1. The zero-order chi connectivity index (χ0) is 14.3. The summed E-state index contributed by atoms with van der Waals surface area (Å²) in [6.07, 6.45) is 1.46. The molecular weight excluding hydrogens is 320 g/mol. The first-order valence-corrected chi connectivity index (χ1v) is 6.76. The summed E-state index contributed by atoms with van der Waals surface area (Å²) in [6.45, 7) is 0. The number of anilines is 1. The molecule has 20 heavy (non-hydrogen) atoms. The monoisotopic (exact) mass is 330 g/mol. The van der Waals surface area contributed by atoms with E-state index in [1.807, 2.05) is 30.3 Å². The number of nitrogens with two attached hydrogens (primary N) is 1. The summed E-state index contributed by atoms with van der Waals surface area (Å²) in [4.78, 5) is 16.1. The molecule has 0 bridgehead atoms. The second-order valence-corrected chi connectivity index (χ2v) is 5.23. The van der Waals surface area contributed by atoms with Gasteiger partial charge in [-0.15, -0.1) is 0 Å². The quantitative estimate of drug-likeness (QED) is 0.547. The van der Waals surface area contributed by atoms with Crippen LogP contribution in [0.5, 0.6) is 0 Å². The zero-order valence-corrected chi connectivity index (χ0v) is 12.3. The Bertz CT molecular complexity index is 846. The van der Waals surface area contributed by atoms with E-state index in [1.165, 1.54) is 13.3 Å². The molecule has 2 aromatic carbocycles. The molecule has 5 heteroatoms. The third-order valence-corrected chi connectivity index (χ3v) is 3.93. The summed E-state index contributed by atoms with van der Waals surface area (Å²) in [5.41, 5.74) is 7.53. The number of pyridine rings is 1. The standard InChI is InChI=1S/C15H11BrN2O2/c1-20-15(19)11-7-18-14-9-5-3-2-4-8(9)12(16)6-10(14)13(11)17/h2-7H,1H3,(H2,17,18). The molecule has 3 aromatic rings. The van der Waals surface area contributed by atoms with Gasteiger partial charge in [-0.3, -0.25) is 4.98 Å². The maximum absolute atomic E-state index is 11.7. The number of fused-ring (bicyclic) bond motifs is 3. The Labute approximate surface area is 123 Å². The van der Waals surface area contributed by atoms with Crippen LogP contribution < -0.4 is 5.73 Å². The molecule has 0 atom stereocenters. The minimum absolute atomic E-state index is 0.280. The molecule has 1 aromatic heterocycles. The largest absolute Gasteiger partial charge is 0.465 e. The van der Waals surface area contributed by atoms with E-state index < -0.39 is 5.97 Å². The summed E-state index contributed by atoms with van der Waals surface area (Å²) in [7, 11) is 1.32. The molecule has 0 radical (unpaired) electrons. The fourth-order valence-electron chi connectivity index (χ4n) is 2.28. The highest BCUT2D eigenvalue weighted by molar-refractivity contribution is 9.10. The Morgan fingerprint density at radius 3 is 2.65 bits per heavy atom. The Morgan fingerprint density at radius 1 is 1.25 bits per heavy atom. The lowest BCUT2D eigenvalue weighted by atomic mass is 10.0. The zero-order valence-electron chi connectivity index (χ0n) is 10.7. The number of hydrogen-bond donors (Lipinski definition) is 1. The number of esters is 1. The highest BCUT2D eigenvalue weighted by Gasteiger charge is 2.15. The van der Waals surface area contributed by atoms with Gasteiger partial charge in [-0.1, -0.05) is 40.2 Å². The third-order valence-electron chi connectivity index (χ3n) is 3.27. The van der Waals surface area contributed by atoms with Crippen LogP contribution in [0.3, 0.4) is 0 Å². The van der Waals surface area contributed by atoms with Gasteiger partial charge in [-0.05, 0) is 11.5 Å². The van der Waals surface area contributed by atoms with Crippen LogP contribution >= 0.6 is 15.9 Å². The minimum Gasteiger partial charge on any atom is -0.465 e. The molecule has 0 aliphatic heterocycles. The summed E-state index contributed by atoms with van der Waals surface area (Å²) < 4.78 is 5.63. The average molecular weight is 331 g/mol. The van der Waals surface area contributed by atoms with Crippen LogP contribution in [-0.4, -0.2) is 18.1 Å². The van der Waals surface area contributed by atoms with Crippen molar-refractivity contribution in [1.29, 1.82) is 0 Å². The van der Waals surface area contributed by atoms with Crippen molar-refractivity contribution in [3.8, 4) is 0 Å². The maximum Gasteiger partial charge on any atom is 0.341 e. The molecule has 2 N–H and O–H groups in total. The van der Waals surface area contributed by atoms with E-state index in [4.69, 9.17) is 10.5 Å². The van der Waals surface area contributed by atoms with E-state index in [0.717, 1.165) is 26.1 Å². The molecule has 0 unspecified atom stereocenters. The number of rotatable bonds is 1. The van der Waals surface area contributed by atoms with E-state index in [-0.39, 0.29) is 5.56 Å². The molecular formula is C15H11BrN2O2. The van der Waals surface area contributed by atoms with Gasteiger partial charge in [-0.25, -0.2) is 4.79 Å². The molecule has 0 aliphatic rings. The van der Waals surface area contributed by atoms with Crippen molar-refractivity contribution in [2.24, 2.45) is 0 Å². The smallest absolute Gasteiger partial charge is 0.341 e. The first-order valence-electron chi connectivity index (χ1n) is 5.97. The molecule has 3 rings (SSSR count). The number of nitrogen functional groups attached to an aromatic ring is 1. The number of carbonyl (C=O) groups is 1. The van der Waals surface area contributed by atoms with Crippen LogP contribution in [0.25, 0.3) is 21.7 Å². The van der Waals surface area contributed by atoms with E-state index in [0.29, 0.717) is 5.69 Å². The SMILES string of the molecule is COC(=O)c1cnc2c(cc(Br)c3ccccc32)c1N. The first-order chi connectivity index (χ1) is 9.63. The van der Waals surface area contributed by atoms with Crippen LogP contribution in [0.4, 0.5) is 5.69 Å². The van der Waals surface area contributed by atoms with Crippen LogP contribution in [-0.2, 0) is 4.74 Å². The van der Waals surface area contributed by atoms with Crippen LogP contribution in [0.1, 0.15) is 10.4 Å². The predicted molar refractivity (Wildman–Crippen MR) is 82.7 cm³/mol. The summed E-state index contributed by atoms with van der Waals surface area (Å²) in [5.74, 6) is -0.485. The number of carbonyl (C=O) groups excluding carboxylic acids is 1. The average Bonchev–Trinajstić information content (AvgIpc) is 2.48. The van der Waals surface area contributed by atoms with Gasteiger partial charge < -0.3 is 10.5 Å². The molecule has 0 amide bonds. The molecule has 0 fully saturated rings. The highest BCUT2D eigenvalue weighted by Crippen LogP contribution is 2.34. The van der Waals surface area contributed by atoms with Gasteiger partial charge in [0.25, 0.3) is 0 Å². The van der Waals surface area contributed by atoms with Crippen molar-refractivity contribution in [1.82, 2.24) is 4.98 Å². The molecule has 0 aliphatic carbocycles. The van der Waals surface area contributed by atoms with Gasteiger partial charge in [0.2, 0.25) is 0 Å². The lowest BCUT2D eigenvalue weighted by molar-refractivity contribution is 0.0601. The van der Waals surface area contributed by atoms with Gasteiger partial charge in [0.15, 0.2) is 0 Å². The van der Waals surface area contributed by atoms with Gasteiger partial charge in [0, 0.05) is 21.4 Å². The maximum atomic E-state index is 11.7. The van der Waals surface area contributed by atoms with Crippen molar-refractivity contribution in [2.45, 2.75) is 0 Å². The minimum atomic E-state index is -0.485. The van der Waals surface area contributed by atoms with Crippen molar-refractivity contribution < 1.29 is 9.53 Å². The molecule has 0 spiro atoms. The third kappa shape index (κ3) is 1.82. The van der Waals surface area contributed by atoms with Crippen molar-refractivity contribution >= 4 is 49.3 Å². The number of aromatic nitrogens is 1. The molecule has 4 nitrogen and oxygen atoms in total. The summed E-state index contributed by atoms with van der Waals surface area (Å²) in [6, 6.07) is 9.77. The Kier molecular flexibility index (Phi) is 3.06. The number of ether oxygens (including phenoxy) is 1. The van der Waals surface area contributed by atoms with Gasteiger partial charge in [-0.2, -0.15) is 0 Å².